The smallest absolute Gasteiger partial charge is 0.149 e. The number of fused-ring (bicyclic) bond motifs is 2. The molecule has 0 amide bonds. The third kappa shape index (κ3) is 2.68. The molecule has 0 bridgehead atoms. The standard InChI is InChI=1S/C21H19FN2O/c1-13-21(2,3)25-18-10-5-4-8-16(18)19(24-13)15-11-14-7-6-9-17(22)20(14)23-12-15/h4-13H,1-3H3/t13-/m0/s1. The Bertz CT molecular complexity index is 994. The second kappa shape index (κ2) is 5.66. The summed E-state index contributed by atoms with van der Waals surface area (Å²) >= 11 is 0. The van der Waals surface area contributed by atoms with Crippen molar-refractivity contribution in [2.75, 3.05) is 0 Å². The fraction of sp³-hybridized carbons (Fsp3) is 0.238. The van der Waals surface area contributed by atoms with Gasteiger partial charge in [0.25, 0.3) is 0 Å². The van der Waals surface area contributed by atoms with Gasteiger partial charge in [0.2, 0.25) is 0 Å². The lowest BCUT2D eigenvalue weighted by atomic mass is 10.00. The van der Waals surface area contributed by atoms with Gasteiger partial charge in [-0.05, 0) is 45.0 Å². The quantitative estimate of drug-likeness (QED) is 0.642. The minimum Gasteiger partial charge on any atom is -0.485 e. The minimum atomic E-state index is -0.422. The Morgan fingerprint density at radius 2 is 1.88 bits per heavy atom. The number of halogens is 1. The van der Waals surface area contributed by atoms with E-state index in [1.54, 1.807) is 12.3 Å². The molecule has 4 rings (SSSR count). The number of hydrogen-bond acceptors (Lipinski definition) is 3. The maximum absolute atomic E-state index is 13.9. The molecule has 126 valence electrons. The van der Waals surface area contributed by atoms with Crippen LogP contribution in [0.15, 0.2) is 59.7 Å². The molecule has 3 aromatic rings. The van der Waals surface area contributed by atoms with E-state index in [-0.39, 0.29) is 11.9 Å². The number of benzene rings is 2. The van der Waals surface area contributed by atoms with Crippen LogP contribution in [0.2, 0.25) is 0 Å². The molecule has 1 aliphatic heterocycles. The van der Waals surface area contributed by atoms with Crippen molar-refractivity contribution in [3.05, 3.63) is 71.7 Å². The Kier molecular flexibility index (Phi) is 3.57. The van der Waals surface area contributed by atoms with Crippen LogP contribution in [0.5, 0.6) is 5.75 Å². The largest absolute Gasteiger partial charge is 0.485 e. The molecule has 2 aromatic carbocycles. The molecule has 1 aromatic heterocycles. The maximum atomic E-state index is 13.9. The van der Waals surface area contributed by atoms with Crippen LogP contribution in [0.4, 0.5) is 4.39 Å². The Labute approximate surface area is 146 Å². The molecule has 0 spiro atoms. The van der Waals surface area contributed by atoms with Gasteiger partial charge in [0, 0.05) is 22.7 Å². The van der Waals surface area contributed by atoms with Gasteiger partial charge in [-0.2, -0.15) is 0 Å². The van der Waals surface area contributed by atoms with Crippen LogP contribution in [0.25, 0.3) is 10.9 Å². The van der Waals surface area contributed by atoms with Crippen molar-refractivity contribution in [3.8, 4) is 5.75 Å². The first-order valence-corrected chi connectivity index (χ1v) is 8.36. The van der Waals surface area contributed by atoms with Gasteiger partial charge in [0.15, 0.2) is 0 Å². The molecule has 0 saturated heterocycles. The number of pyridine rings is 1. The van der Waals surface area contributed by atoms with Crippen molar-refractivity contribution >= 4 is 16.6 Å². The molecule has 0 fully saturated rings. The van der Waals surface area contributed by atoms with Crippen LogP contribution in [0.3, 0.4) is 0 Å². The predicted octanol–water partition coefficient (Wildman–Crippen LogP) is 4.77. The first-order valence-electron chi connectivity index (χ1n) is 8.36. The molecule has 1 aliphatic rings. The zero-order chi connectivity index (χ0) is 17.6. The summed E-state index contributed by atoms with van der Waals surface area (Å²) in [4.78, 5) is 9.25. The van der Waals surface area contributed by atoms with E-state index in [0.717, 1.165) is 28.0 Å². The molecule has 0 N–H and O–H groups in total. The zero-order valence-corrected chi connectivity index (χ0v) is 14.5. The number of rotatable bonds is 1. The van der Waals surface area contributed by atoms with E-state index in [1.807, 2.05) is 57.2 Å². The molecule has 1 atom stereocenters. The SMILES string of the molecule is C[C@@H]1N=C(c2cnc3c(F)cccc3c2)c2ccccc2OC1(C)C. The van der Waals surface area contributed by atoms with Crippen molar-refractivity contribution in [2.45, 2.75) is 32.4 Å². The van der Waals surface area contributed by atoms with Gasteiger partial charge >= 0.3 is 0 Å². The number of nitrogens with zero attached hydrogens (tertiary/aromatic N) is 2. The summed E-state index contributed by atoms with van der Waals surface area (Å²) in [7, 11) is 0. The third-order valence-corrected chi connectivity index (χ3v) is 4.78. The van der Waals surface area contributed by atoms with Gasteiger partial charge in [-0.25, -0.2) is 4.39 Å². The summed E-state index contributed by atoms with van der Waals surface area (Å²) < 4.78 is 20.1. The lowest BCUT2D eigenvalue weighted by Crippen LogP contribution is -2.38. The maximum Gasteiger partial charge on any atom is 0.149 e. The minimum absolute atomic E-state index is 0.0434. The van der Waals surface area contributed by atoms with Gasteiger partial charge in [-0.15, -0.1) is 0 Å². The molecular formula is C21H19FN2O. The number of hydrogen-bond donors (Lipinski definition) is 0. The van der Waals surface area contributed by atoms with Crippen LogP contribution in [0.1, 0.15) is 31.9 Å². The van der Waals surface area contributed by atoms with Crippen molar-refractivity contribution in [2.24, 2.45) is 4.99 Å². The molecule has 4 heteroatoms. The summed E-state index contributed by atoms with van der Waals surface area (Å²) in [5, 5.41) is 0.759. The Morgan fingerprint density at radius 3 is 2.72 bits per heavy atom. The molecule has 25 heavy (non-hydrogen) atoms. The summed E-state index contributed by atoms with van der Waals surface area (Å²) in [6.07, 6.45) is 1.69. The number of ether oxygens (including phenoxy) is 1. The van der Waals surface area contributed by atoms with Crippen molar-refractivity contribution < 1.29 is 9.13 Å². The highest BCUT2D eigenvalue weighted by Gasteiger charge is 2.32. The van der Waals surface area contributed by atoms with Crippen molar-refractivity contribution in [1.29, 1.82) is 0 Å². The number of aromatic nitrogens is 1. The van der Waals surface area contributed by atoms with E-state index in [9.17, 15) is 4.39 Å². The van der Waals surface area contributed by atoms with Gasteiger partial charge in [-0.1, -0.05) is 24.3 Å². The normalized spacial score (nSPS) is 18.9. The first-order chi connectivity index (χ1) is 12.0. The lowest BCUT2D eigenvalue weighted by Gasteiger charge is -2.28. The van der Waals surface area contributed by atoms with Gasteiger partial charge in [-0.3, -0.25) is 9.98 Å². The summed E-state index contributed by atoms with van der Waals surface area (Å²) in [5.41, 5.74) is 2.57. The summed E-state index contributed by atoms with van der Waals surface area (Å²) in [5.74, 6) is 0.486. The van der Waals surface area contributed by atoms with E-state index >= 15 is 0 Å². The molecule has 0 radical (unpaired) electrons. The highest BCUT2D eigenvalue weighted by molar-refractivity contribution is 6.15. The van der Waals surface area contributed by atoms with Gasteiger partial charge in [0.1, 0.15) is 22.7 Å². The summed E-state index contributed by atoms with van der Waals surface area (Å²) in [6.45, 7) is 6.11. The fourth-order valence-electron chi connectivity index (χ4n) is 3.02. The zero-order valence-electron chi connectivity index (χ0n) is 14.5. The van der Waals surface area contributed by atoms with Crippen LogP contribution in [0, 0.1) is 5.82 Å². The number of aliphatic imine (C=N–C) groups is 1. The Balaban J connectivity index is 1.94. The molecule has 0 aliphatic carbocycles. The molecule has 0 saturated carbocycles. The fourth-order valence-corrected chi connectivity index (χ4v) is 3.02. The first kappa shape index (κ1) is 15.8. The Hall–Kier alpha value is -2.75. The highest BCUT2D eigenvalue weighted by atomic mass is 19.1. The van der Waals surface area contributed by atoms with E-state index in [1.165, 1.54) is 6.07 Å². The second-order valence-corrected chi connectivity index (χ2v) is 6.89. The average Bonchev–Trinajstić information content (AvgIpc) is 2.69. The van der Waals surface area contributed by atoms with Crippen molar-refractivity contribution in [1.82, 2.24) is 4.98 Å². The van der Waals surface area contributed by atoms with Gasteiger partial charge < -0.3 is 4.74 Å². The summed E-state index contributed by atoms with van der Waals surface area (Å²) in [6, 6.07) is 14.8. The van der Waals surface area contributed by atoms with E-state index in [0.29, 0.717) is 5.52 Å². The van der Waals surface area contributed by atoms with E-state index < -0.39 is 5.60 Å². The average molecular weight is 334 g/mol. The monoisotopic (exact) mass is 334 g/mol. The van der Waals surface area contributed by atoms with Crippen LogP contribution in [-0.2, 0) is 0 Å². The molecule has 0 unspecified atom stereocenters. The van der Waals surface area contributed by atoms with Gasteiger partial charge in [0.05, 0.1) is 11.8 Å². The predicted molar refractivity (Wildman–Crippen MR) is 98.0 cm³/mol. The Morgan fingerprint density at radius 1 is 1.08 bits per heavy atom. The molecule has 2 heterocycles. The molecule has 3 nitrogen and oxygen atoms in total. The van der Waals surface area contributed by atoms with E-state index in [4.69, 9.17) is 9.73 Å². The van der Waals surface area contributed by atoms with E-state index in [2.05, 4.69) is 4.98 Å². The van der Waals surface area contributed by atoms with Crippen LogP contribution >= 0.6 is 0 Å². The topological polar surface area (TPSA) is 34.5 Å². The highest BCUT2D eigenvalue weighted by Crippen LogP contribution is 2.33. The number of para-hydroxylation sites is 2. The third-order valence-electron chi connectivity index (χ3n) is 4.78. The van der Waals surface area contributed by atoms with Crippen LogP contribution < -0.4 is 4.74 Å². The van der Waals surface area contributed by atoms with Crippen molar-refractivity contribution in [3.63, 3.8) is 0 Å². The molecular weight excluding hydrogens is 315 g/mol. The van der Waals surface area contributed by atoms with Crippen LogP contribution in [-0.4, -0.2) is 22.3 Å². The lowest BCUT2D eigenvalue weighted by molar-refractivity contribution is 0.0891. The second-order valence-electron chi connectivity index (χ2n) is 6.89.